The lowest BCUT2D eigenvalue weighted by molar-refractivity contribution is -0.384. The molecule has 0 fully saturated rings. The molecular weight excluding hydrogens is 252 g/mol. The fourth-order valence-electron chi connectivity index (χ4n) is 1.41. The average Bonchev–Trinajstić information content (AvgIpc) is 2.38. The zero-order chi connectivity index (χ0) is 13.0. The molecule has 0 saturated carbocycles. The summed E-state index contributed by atoms with van der Waals surface area (Å²) in [6, 6.07) is 9.93. The van der Waals surface area contributed by atoms with Gasteiger partial charge in [0.1, 0.15) is 0 Å². The average molecular weight is 261 g/mol. The van der Waals surface area contributed by atoms with Gasteiger partial charge >= 0.3 is 0 Å². The fourth-order valence-corrected chi connectivity index (χ4v) is 1.65. The number of non-ortho nitro benzene ring substituents is 1. The van der Waals surface area contributed by atoms with Gasteiger partial charge in [-0.1, -0.05) is 23.7 Å². The van der Waals surface area contributed by atoms with E-state index in [1.54, 1.807) is 24.4 Å². The molecule has 1 aromatic heterocycles. The number of nitro groups is 1. The van der Waals surface area contributed by atoms with Gasteiger partial charge in [0.2, 0.25) is 0 Å². The summed E-state index contributed by atoms with van der Waals surface area (Å²) in [6.07, 6.45) is 5.26. The van der Waals surface area contributed by atoms with E-state index in [9.17, 15) is 10.1 Å². The zero-order valence-electron chi connectivity index (χ0n) is 9.29. The van der Waals surface area contributed by atoms with Crippen LogP contribution in [0.5, 0.6) is 0 Å². The highest BCUT2D eigenvalue weighted by molar-refractivity contribution is 6.32. The predicted molar refractivity (Wildman–Crippen MR) is 71.3 cm³/mol. The fraction of sp³-hybridized carbons (Fsp3) is 0. The van der Waals surface area contributed by atoms with Gasteiger partial charge in [0.15, 0.2) is 0 Å². The third-order valence-electron chi connectivity index (χ3n) is 2.32. The van der Waals surface area contributed by atoms with Crippen molar-refractivity contribution in [3.8, 4) is 0 Å². The molecule has 4 nitrogen and oxygen atoms in total. The molecule has 0 radical (unpaired) electrons. The van der Waals surface area contributed by atoms with Crippen molar-refractivity contribution in [1.82, 2.24) is 4.98 Å². The van der Waals surface area contributed by atoms with E-state index in [1.165, 1.54) is 12.1 Å². The minimum atomic E-state index is -0.474. The first-order valence-corrected chi connectivity index (χ1v) is 5.57. The summed E-state index contributed by atoms with van der Waals surface area (Å²) in [5.74, 6) is 0. The Hall–Kier alpha value is -2.20. The van der Waals surface area contributed by atoms with Crippen LogP contribution in [0.4, 0.5) is 5.69 Å². The molecule has 0 aliphatic carbocycles. The molecule has 5 heteroatoms. The zero-order valence-corrected chi connectivity index (χ0v) is 10.0. The normalized spacial score (nSPS) is 10.7. The smallest absolute Gasteiger partial charge is 0.258 e. The summed E-state index contributed by atoms with van der Waals surface area (Å²) < 4.78 is 0. The highest BCUT2D eigenvalue weighted by Crippen LogP contribution is 2.23. The third kappa shape index (κ3) is 2.93. The molecule has 2 rings (SSSR count). The second kappa shape index (κ2) is 5.42. The molecule has 90 valence electrons. The summed E-state index contributed by atoms with van der Waals surface area (Å²) >= 11 is 5.96. The summed E-state index contributed by atoms with van der Waals surface area (Å²) in [5.41, 5.74) is 1.50. The molecule has 0 N–H and O–H groups in total. The second-order valence-corrected chi connectivity index (χ2v) is 3.96. The molecule has 0 aliphatic rings. The standard InChI is InChI=1S/C13H9ClN2O2/c14-13-9-12(16(17)18)7-5-10(13)4-6-11-3-1-2-8-15-11/h1-9H/b6-4+. The van der Waals surface area contributed by atoms with Crippen molar-refractivity contribution in [2.45, 2.75) is 0 Å². The van der Waals surface area contributed by atoms with E-state index in [-0.39, 0.29) is 5.69 Å². The van der Waals surface area contributed by atoms with E-state index in [1.807, 2.05) is 18.2 Å². The number of rotatable bonds is 3. The van der Waals surface area contributed by atoms with Crippen molar-refractivity contribution in [1.29, 1.82) is 0 Å². The lowest BCUT2D eigenvalue weighted by atomic mass is 10.2. The number of nitrogens with zero attached hydrogens (tertiary/aromatic N) is 2. The van der Waals surface area contributed by atoms with Crippen molar-refractivity contribution in [3.05, 3.63) is 69.0 Å². The van der Waals surface area contributed by atoms with E-state index in [2.05, 4.69) is 4.98 Å². The highest BCUT2D eigenvalue weighted by Gasteiger charge is 2.07. The summed E-state index contributed by atoms with van der Waals surface area (Å²) in [4.78, 5) is 14.2. The Labute approximate surface area is 109 Å². The Morgan fingerprint density at radius 1 is 1.22 bits per heavy atom. The Morgan fingerprint density at radius 2 is 2.06 bits per heavy atom. The minimum absolute atomic E-state index is 0.0185. The first kappa shape index (κ1) is 12.3. The van der Waals surface area contributed by atoms with Gasteiger partial charge in [-0.25, -0.2) is 0 Å². The summed E-state index contributed by atoms with van der Waals surface area (Å²) in [5, 5.41) is 10.9. The number of nitro benzene ring substituents is 1. The van der Waals surface area contributed by atoms with Gasteiger partial charge in [0, 0.05) is 18.3 Å². The lowest BCUT2D eigenvalue weighted by Crippen LogP contribution is -1.88. The molecule has 18 heavy (non-hydrogen) atoms. The molecule has 0 bridgehead atoms. The van der Waals surface area contributed by atoms with Crippen molar-refractivity contribution >= 4 is 29.4 Å². The maximum absolute atomic E-state index is 10.6. The lowest BCUT2D eigenvalue weighted by Gasteiger charge is -1.98. The number of hydrogen-bond donors (Lipinski definition) is 0. The Bertz CT molecular complexity index is 597. The summed E-state index contributed by atoms with van der Waals surface area (Å²) in [7, 11) is 0. The van der Waals surface area contributed by atoms with Crippen LogP contribution in [-0.2, 0) is 0 Å². The number of hydrogen-bond acceptors (Lipinski definition) is 3. The van der Waals surface area contributed by atoms with Crippen LogP contribution in [0, 0.1) is 10.1 Å². The van der Waals surface area contributed by atoms with Gasteiger partial charge in [-0.05, 0) is 29.8 Å². The Kier molecular flexibility index (Phi) is 3.69. The number of benzene rings is 1. The number of aromatic nitrogens is 1. The van der Waals surface area contributed by atoms with Gasteiger partial charge in [0.25, 0.3) is 5.69 Å². The first-order chi connectivity index (χ1) is 8.66. The number of halogens is 1. The molecule has 0 atom stereocenters. The topological polar surface area (TPSA) is 56.0 Å². The molecule has 0 unspecified atom stereocenters. The minimum Gasteiger partial charge on any atom is -0.258 e. The van der Waals surface area contributed by atoms with Gasteiger partial charge < -0.3 is 0 Å². The van der Waals surface area contributed by atoms with E-state index in [0.29, 0.717) is 10.6 Å². The summed E-state index contributed by atoms with van der Waals surface area (Å²) in [6.45, 7) is 0. The highest BCUT2D eigenvalue weighted by atomic mass is 35.5. The quantitative estimate of drug-likeness (QED) is 0.623. The van der Waals surface area contributed by atoms with Crippen LogP contribution in [0.1, 0.15) is 11.3 Å². The maximum Gasteiger partial charge on any atom is 0.270 e. The van der Waals surface area contributed by atoms with Crippen molar-refractivity contribution < 1.29 is 4.92 Å². The van der Waals surface area contributed by atoms with Crippen molar-refractivity contribution in [2.75, 3.05) is 0 Å². The predicted octanol–water partition coefficient (Wildman–Crippen LogP) is 3.81. The largest absolute Gasteiger partial charge is 0.270 e. The molecular formula is C13H9ClN2O2. The van der Waals surface area contributed by atoms with Crippen LogP contribution < -0.4 is 0 Å². The molecule has 0 saturated heterocycles. The van der Waals surface area contributed by atoms with Crippen LogP contribution in [0.3, 0.4) is 0 Å². The van der Waals surface area contributed by atoms with E-state index in [0.717, 1.165) is 5.69 Å². The molecule has 0 spiro atoms. The van der Waals surface area contributed by atoms with E-state index in [4.69, 9.17) is 11.6 Å². The van der Waals surface area contributed by atoms with Gasteiger partial charge in [-0.15, -0.1) is 0 Å². The number of pyridine rings is 1. The van der Waals surface area contributed by atoms with Crippen molar-refractivity contribution in [2.24, 2.45) is 0 Å². The third-order valence-corrected chi connectivity index (χ3v) is 2.64. The molecule has 2 aromatic rings. The van der Waals surface area contributed by atoms with Crippen LogP contribution in [0.25, 0.3) is 12.2 Å². The van der Waals surface area contributed by atoms with Gasteiger partial charge in [-0.3, -0.25) is 15.1 Å². The van der Waals surface area contributed by atoms with E-state index < -0.39 is 4.92 Å². The maximum atomic E-state index is 10.6. The van der Waals surface area contributed by atoms with Crippen molar-refractivity contribution in [3.63, 3.8) is 0 Å². The molecule has 1 heterocycles. The SMILES string of the molecule is O=[N+]([O-])c1ccc(/C=C/c2ccccn2)c(Cl)c1. The van der Waals surface area contributed by atoms with E-state index >= 15 is 0 Å². The van der Waals surface area contributed by atoms with Crippen LogP contribution in [-0.4, -0.2) is 9.91 Å². The molecule has 0 aliphatic heterocycles. The molecule has 1 aromatic carbocycles. The molecule has 0 amide bonds. The van der Waals surface area contributed by atoms with Gasteiger partial charge in [-0.2, -0.15) is 0 Å². The van der Waals surface area contributed by atoms with Crippen LogP contribution in [0.15, 0.2) is 42.6 Å². The van der Waals surface area contributed by atoms with Crippen LogP contribution >= 0.6 is 11.6 Å². The monoisotopic (exact) mass is 260 g/mol. The van der Waals surface area contributed by atoms with Gasteiger partial charge in [0.05, 0.1) is 15.6 Å². The Balaban J connectivity index is 2.25. The second-order valence-electron chi connectivity index (χ2n) is 3.55. The first-order valence-electron chi connectivity index (χ1n) is 5.20. The Morgan fingerprint density at radius 3 is 2.67 bits per heavy atom. The van der Waals surface area contributed by atoms with Crippen LogP contribution in [0.2, 0.25) is 5.02 Å².